The second-order valence-corrected chi connectivity index (χ2v) is 5.66. The lowest BCUT2D eigenvalue weighted by Crippen LogP contribution is -2.22. The Balaban J connectivity index is 1.87. The molecule has 0 radical (unpaired) electrons. The van der Waals surface area contributed by atoms with Crippen LogP contribution in [-0.2, 0) is 6.54 Å². The van der Waals surface area contributed by atoms with Crippen LogP contribution in [0.3, 0.4) is 0 Å². The van der Waals surface area contributed by atoms with E-state index in [4.69, 9.17) is 0 Å². The van der Waals surface area contributed by atoms with Crippen molar-refractivity contribution in [2.45, 2.75) is 6.54 Å². The molecule has 0 fully saturated rings. The molecule has 0 bridgehead atoms. The summed E-state index contributed by atoms with van der Waals surface area (Å²) in [5.41, 5.74) is 1.79. The molecule has 21 heavy (non-hydrogen) atoms. The summed E-state index contributed by atoms with van der Waals surface area (Å²) in [6.45, 7) is 0.532. The summed E-state index contributed by atoms with van der Waals surface area (Å²) in [6.07, 6.45) is 0. The highest BCUT2D eigenvalue weighted by atomic mass is 79.9. The van der Waals surface area contributed by atoms with Gasteiger partial charge in [0.25, 0.3) is 5.91 Å². The molecule has 3 heteroatoms. The van der Waals surface area contributed by atoms with Crippen molar-refractivity contribution in [3.8, 4) is 0 Å². The van der Waals surface area contributed by atoms with Crippen LogP contribution in [0.25, 0.3) is 10.8 Å². The van der Waals surface area contributed by atoms with Crippen LogP contribution in [0, 0.1) is 0 Å². The molecule has 0 saturated carbocycles. The van der Waals surface area contributed by atoms with E-state index in [1.165, 1.54) is 0 Å². The first-order valence-electron chi connectivity index (χ1n) is 6.75. The van der Waals surface area contributed by atoms with Crippen LogP contribution < -0.4 is 5.32 Å². The Morgan fingerprint density at radius 2 is 1.57 bits per heavy atom. The van der Waals surface area contributed by atoms with Gasteiger partial charge in [0.15, 0.2) is 0 Å². The maximum absolute atomic E-state index is 12.4. The molecule has 0 heterocycles. The Morgan fingerprint density at radius 3 is 2.38 bits per heavy atom. The van der Waals surface area contributed by atoms with Gasteiger partial charge in [-0.05, 0) is 28.5 Å². The number of hydrogen-bond donors (Lipinski definition) is 1. The topological polar surface area (TPSA) is 29.1 Å². The Labute approximate surface area is 131 Å². The minimum Gasteiger partial charge on any atom is -0.348 e. The van der Waals surface area contributed by atoms with Gasteiger partial charge in [0, 0.05) is 16.6 Å². The maximum Gasteiger partial charge on any atom is 0.252 e. The van der Waals surface area contributed by atoms with Crippen molar-refractivity contribution in [2.24, 2.45) is 0 Å². The van der Waals surface area contributed by atoms with E-state index < -0.39 is 0 Å². The number of benzene rings is 3. The van der Waals surface area contributed by atoms with Crippen molar-refractivity contribution < 1.29 is 4.79 Å². The summed E-state index contributed by atoms with van der Waals surface area (Å²) in [5, 5.41) is 4.97. The van der Waals surface area contributed by atoms with E-state index in [1.807, 2.05) is 66.7 Å². The molecule has 1 amide bonds. The summed E-state index contributed by atoms with van der Waals surface area (Å²) in [6, 6.07) is 21.6. The lowest BCUT2D eigenvalue weighted by molar-refractivity contribution is 0.0952. The molecule has 0 aromatic heterocycles. The molecule has 0 aliphatic rings. The van der Waals surface area contributed by atoms with Crippen molar-refractivity contribution in [1.29, 1.82) is 0 Å². The third-order valence-corrected chi connectivity index (χ3v) is 4.10. The molecule has 1 N–H and O–H groups in total. The Bertz CT molecular complexity index is 784. The minimum atomic E-state index is -0.0532. The fourth-order valence-electron chi connectivity index (χ4n) is 2.34. The monoisotopic (exact) mass is 339 g/mol. The van der Waals surface area contributed by atoms with Crippen LogP contribution in [0.2, 0.25) is 0 Å². The van der Waals surface area contributed by atoms with Gasteiger partial charge in [0.2, 0.25) is 0 Å². The zero-order valence-corrected chi connectivity index (χ0v) is 12.9. The first-order valence-corrected chi connectivity index (χ1v) is 7.54. The van der Waals surface area contributed by atoms with Gasteiger partial charge < -0.3 is 5.32 Å². The summed E-state index contributed by atoms with van der Waals surface area (Å²) in [7, 11) is 0. The van der Waals surface area contributed by atoms with Crippen LogP contribution >= 0.6 is 15.9 Å². The molecule has 3 aromatic rings. The average Bonchev–Trinajstić information content (AvgIpc) is 2.53. The van der Waals surface area contributed by atoms with Gasteiger partial charge in [0.05, 0.1) is 0 Å². The minimum absolute atomic E-state index is 0.0532. The number of carbonyl (C=O) groups is 1. The van der Waals surface area contributed by atoms with Gasteiger partial charge in [-0.3, -0.25) is 4.79 Å². The standard InChI is InChI=1S/C18H14BrNO/c19-17-11-5-8-14-15(17)9-4-10-16(14)18(21)20-12-13-6-2-1-3-7-13/h1-11H,12H2,(H,20,21). The third kappa shape index (κ3) is 2.98. The number of fused-ring (bicyclic) bond motifs is 1. The fourth-order valence-corrected chi connectivity index (χ4v) is 2.84. The van der Waals surface area contributed by atoms with Crippen LogP contribution in [0.5, 0.6) is 0 Å². The predicted molar refractivity (Wildman–Crippen MR) is 89.3 cm³/mol. The smallest absolute Gasteiger partial charge is 0.252 e. The van der Waals surface area contributed by atoms with Gasteiger partial charge in [-0.1, -0.05) is 70.5 Å². The zero-order chi connectivity index (χ0) is 14.7. The third-order valence-electron chi connectivity index (χ3n) is 3.41. The number of rotatable bonds is 3. The van der Waals surface area contributed by atoms with Gasteiger partial charge >= 0.3 is 0 Å². The highest BCUT2D eigenvalue weighted by Crippen LogP contribution is 2.26. The van der Waals surface area contributed by atoms with Gasteiger partial charge in [-0.15, -0.1) is 0 Å². The van der Waals surface area contributed by atoms with Gasteiger partial charge in [0.1, 0.15) is 0 Å². The highest BCUT2D eigenvalue weighted by Gasteiger charge is 2.10. The number of nitrogens with one attached hydrogen (secondary N) is 1. The first kappa shape index (κ1) is 13.8. The molecule has 0 unspecified atom stereocenters. The quantitative estimate of drug-likeness (QED) is 0.746. The molecule has 2 nitrogen and oxygen atoms in total. The van der Waals surface area contributed by atoms with Crippen LogP contribution in [0.15, 0.2) is 71.2 Å². The van der Waals surface area contributed by atoms with Crippen molar-refractivity contribution in [3.63, 3.8) is 0 Å². The zero-order valence-electron chi connectivity index (χ0n) is 11.3. The highest BCUT2D eigenvalue weighted by molar-refractivity contribution is 9.10. The Hall–Kier alpha value is -2.13. The second-order valence-electron chi connectivity index (χ2n) is 4.81. The molecule has 0 saturated heterocycles. The Kier molecular flexibility index (Phi) is 4.02. The molecule has 0 aliphatic heterocycles. The molecule has 0 atom stereocenters. The maximum atomic E-state index is 12.4. The summed E-state index contributed by atoms with van der Waals surface area (Å²) >= 11 is 3.52. The second kappa shape index (κ2) is 6.10. The van der Waals surface area contributed by atoms with E-state index >= 15 is 0 Å². The van der Waals surface area contributed by atoms with Gasteiger partial charge in [-0.2, -0.15) is 0 Å². The summed E-state index contributed by atoms with van der Waals surface area (Å²) in [5.74, 6) is -0.0532. The normalized spacial score (nSPS) is 10.5. The predicted octanol–water partition coefficient (Wildman–Crippen LogP) is 4.53. The lowest BCUT2D eigenvalue weighted by atomic mass is 10.0. The Morgan fingerprint density at radius 1 is 0.857 bits per heavy atom. The van der Waals surface area contributed by atoms with E-state index in [-0.39, 0.29) is 5.91 Å². The van der Waals surface area contributed by atoms with Crippen molar-refractivity contribution in [1.82, 2.24) is 5.32 Å². The molecule has 0 aliphatic carbocycles. The van der Waals surface area contributed by atoms with E-state index in [9.17, 15) is 4.79 Å². The van der Waals surface area contributed by atoms with E-state index in [2.05, 4.69) is 21.2 Å². The molecular formula is C18H14BrNO. The fraction of sp³-hybridized carbons (Fsp3) is 0.0556. The molecular weight excluding hydrogens is 326 g/mol. The van der Waals surface area contributed by atoms with E-state index in [0.717, 1.165) is 20.8 Å². The van der Waals surface area contributed by atoms with Crippen molar-refractivity contribution >= 4 is 32.6 Å². The lowest BCUT2D eigenvalue weighted by Gasteiger charge is -2.09. The molecule has 3 aromatic carbocycles. The molecule has 3 rings (SSSR count). The van der Waals surface area contributed by atoms with Crippen LogP contribution in [0.1, 0.15) is 15.9 Å². The number of hydrogen-bond acceptors (Lipinski definition) is 1. The van der Waals surface area contributed by atoms with Crippen LogP contribution in [-0.4, -0.2) is 5.91 Å². The van der Waals surface area contributed by atoms with Gasteiger partial charge in [-0.25, -0.2) is 0 Å². The average molecular weight is 340 g/mol. The van der Waals surface area contributed by atoms with E-state index in [1.54, 1.807) is 0 Å². The molecule has 0 spiro atoms. The van der Waals surface area contributed by atoms with E-state index in [0.29, 0.717) is 12.1 Å². The summed E-state index contributed by atoms with van der Waals surface area (Å²) in [4.78, 5) is 12.4. The summed E-state index contributed by atoms with van der Waals surface area (Å²) < 4.78 is 0.998. The number of halogens is 1. The first-order chi connectivity index (χ1) is 10.3. The molecule has 104 valence electrons. The van der Waals surface area contributed by atoms with Crippen molar-refractivity contribution in [2.75, 3.05) is 0 Å². The largest absolute Gasteiger partial charge is 0.348 e. The van der Waals surface area contributed by atoms with Crippen LogP contribution in [0.4, 0.5) is 0 Å². The number of amides is 1. The SMILES string of the molecule is O=C(NCc1ccccc1)c1cccc2c(Br)cccc12. The van der Waals surface area contributed by atoms with Crippen molar-refractivity contribution in [3.05, 3.63) is 82.3 Å². The number of carbonyl (C=O) groups excluding carboxylic acids is 1.